The third kappa shape index (κ3) is 1.81. The van der Waals surface area contributed by atoms with Gasteiger partial charge in [-0.25, -0.2) is 4.39 Å². The molecule has 0 saturated carbocycles. The summed E-state index contributed by atoms with van der Waals surface area (Å²) in [5.41, 5.74) is 0.0316. The van der Waals surface area contributed by atoms with Gasteiger partial charge in [0.1, 0.15) is 5.82 Å². The lowest BCUT2D eigenvalue weighted by molar-refractivity contribution is -0.386. The molecule has 0 aliphatic heterocycles. The molecule has 0 amide bonds. The summed E-state index contributed by atoms with van der Waals surface area (Å²) in [6.07, 6.45) is 0. The van der Waals surface area contributed by atoms with E-state index >= 15 is 0 Å². The van der Waals surface area contributed by atoms with Gasteiger partial charge in [-0.15, -0.1) is 0 Å². The van der Waals surface area contributed by atoms with Crippen LogP contribution >= 0.6 is 0 Å². The van der Waals surface area contributed by atoms with E-state index in [0.29, 0.717) is 0 Å². The second-order valence-corrected chi connectivity index (χ2v) is 2.65. The van der Waals surface area contributed by atoms with E-state index in [1.54, 1.807) is 0 Å². The highest BCUT2D eigenvalue weighted by Gasteiger charge is 2.15. The minimum absolute atomic E-state index is 0.129. The van der Waals surface area contributed by atoms with Gasteiger partial charge in [0, 0.05) is 0 Å². The number of benzene rings is 1. The minimum Gasteiger partial charge on any atom is -0.391 e. The number of nitro benzene ring substituents is 1. The average molecular weight is 185 g/mol. The van der Waals surface area contributed by atoms with Crippen molar-refractivity contribution in [2.75, 3.05) is 0 Å². The van der Waals surface area contributed by atoms with Crippen LogP contribution in [0.2, 0.25) is 0 Å². The van der Waals surface area contributed by atoms with Crippen LogP contribution in [0.3, 0.4) is 0 Å². The van der Waals surface area contributed by atoms with Crippen molar-refractivity contribution in [1.82, 2.24) is 0 Å². The van der Waals surface area contributed by atoms with Crippen molar-refractivity contribution in [2.45, 2.75) is 13.5 Å². The van der Waals surface area contributed by atoms with Crippen molar-refractivity contribution in [3.05, 3.63) is 39.2 Å². The zero-order chi connectivity index (χ0) is 10.0. The van der Waals surface area contributed by atoms with Crippen molar-refractivity contribution in [1.29, 1.82) is 0 Å². The topological polar surface area (TPSA) is 63.4 Å². The molecular formula is C8H8FNO3. The minimum atomic E-state index is -0.714. The van der Waals surface area contributed by atoms with E-state index in [4.69, 9.17) is 5.11 Å². The molecule has 70 valence electrons. The molecule has 4 nitrogen and oxygen atoms in total. The Kier molecular flexibility index (Phi) is 2.57. The van der Waals surface area contributed by atoms with Gasteiger partial charge in [0.05, 0.1) is 23.2 Å². The Labute approximate surface area is 73.8 Å². The van der Waals surface area contributed by atoms with Crippen LogP contribution in [0.5, 0.6) is 0 Å². The Morgan fingerprint density at radius 1 is 1.62 bits per heavy atom. The van der Waals surface area contributed by atoms with Crippen LogP contribution in [-0.2, 0) is 6.61 Å². The smallest absolute Gasteiger partial charge is 0.277 e. The molecule has 1 rings (SSSR count). The monoisotopic (exact) mass is 185 g/mol. The lowest BCUT2D eigenvalue weighted by atomic mass is 10.1. The SMILES string of the molecule is Cc1cc(CO)c([N+](=O)[O-])cc1F. The maximum Gasteiger partial charge on any atom is 0.277 e. The van der Waals surface area contributed by atoms with Crippen molar-refractivity contribution in [3.63, 3.8) is 0 Å². The Bertz CT molecular complexity index is 351. The lowest BCUT2D eigenvalue weighted by Crippen LogP contribution is -1.98. The van der Waals surface area contributed by atoms with Crippen LogP contribution in [0.25, 0.3) is 0 Å². The predicted molar refractivity (Wildman–Crippen MR) is 43.7 cm³/mol. The Hall–Kier alpha value is -1.49. The molecule has 0 aromatic heterocycles. The quantitative estimate of drug-likeness (QED) is 0.561. The Morgan fingerprint density at radius 3 is 2.69 bits per heavy atom. The number of aliphatic hydroxyl groups excluding tert-OH is 1. The van der Waals surface area contributed by atoms with E-state index < -0.39 is 17.3 Å². The molecule has 0 unspecified atom stereocenters. The van der Waals surface area contributed by atoms with Crippen LogP contribution in [0.15, 0.2) is 12.1 Å². The van der Waals surface area contributed by atoms with Gasteiger partial charge in [-0.05, 0) is 18.6 Å². The standard InChI is InChI=1S/C8H8FNO3/c1-5-2-6(4-11)8(10(12)13)3-7(5)9/h2-3,11H,4H2,1H3. The molecule has 0 heterocycles. The molecule has 0 aliphatic carbocycles. The van der Waals surface area contributed by atoms with Crippen LogP contribution in [0, 0.1) is 22.9 Å². The zero-order valence-corrected chi connectivity index (χ0v) is 6.95. The zero-order valence-electron chi connectivity index (χ0n) is 6.95. The lowest BCUT2D eigenvalue weighted by Gasteiger charge is -2.01. The van der Waals surface area contributed by atoms with Gasteiger partial charge < -0.3 is 5.11 Å². The second kappa shape index (κ2) is 3.49. The van der Waals surface area contributed by atoms with E-state index in [2.05, 4.69) is 0 Å². The number of hydrogen-bond donors (Lipinski definition) is 1. The first kappa shape index (κ1) is 9.60. The van der Waals surface area contributed by atoms with Gasteiger partial charge in [0.2, 0.25) is 0 Å². The van der Waals surface area contributed by atoms with Crippen LogP contribution in [0.4, 0.5) is 10.1 Å². The normalized spacial score (nSPS) is 10.1. The fraction of sp³-hybridized carbons (Fsp3) is 0.250. The number of aryl methyl sites for hydroxylation is 1. The molecule has 1 N–H and O–H groups in total. The summed E-state index contributed by atoms with van der Waals surface area (Å²) in [5.74, 6) is -0.635. The average Bonchev–Trinajstić information content (AvgIpc) is 2.08. The summed E-state index contributed by atoms with van der Waals surface area (Å²) in [5, 5.41) is 19.1. The summed E-state index contributed by atoms with van der Waals surface area (Å²) in [7, 11) is 0. The highest BCUT2D eigenvalue weighted by Crippen LogP contribution is 2.22. The van der Waals surface area contributed by atoms with E-state index in [9.17, 15) is 14.5 Å². The second-order valence-electron chi connectivity index (χ2n) is 2.65. The molecular weight excluding hydrogens is 177 g/mol. The maximum atomic E-state index is 12.9. The van der Waals surface area contributed by atoms with Crippen molar-refractivity contribution in [3.8, 4) is 0 Å². The van der Waals surface area contributed by atoms with E-state index in [-0.39, 0.29) is 16.8 Å². The molecule has 0 aliphatic rings. The fourth-order valence-corrected chi connectivity index (χ4v) is 1.03. The van der Waals surface area contributed by atoms with E-state index in [1.165, 1.54) is 13.0 Å². The van der Waals surface area contributed by atoms with Gasteiger partial charge in [-0.2, -0.15) is 0 Å². The third-order valence-electron chi connectivity index (χ3n) is 1.73. The molecule has 13 heavy (non-hydrogen) atoms. The number of halogens is 1. The first-order chi connectivity index (χ1) is 6.06. The van der Waals surface area contributed by atoms with Gasteiger partial charge in [-0.3, -0.25) is 10.1 Å². The summed E-state index contributed by atoms with van der Waals surface area (Å²) < 4.78 is 12.9. The van der Waals surface area contributed by atoms with Crippen LogP contribution in [0.1, 0.15) is 11.1 Å². The van der Waals surface area contributed by atoms with Crippen molar-refractivity contribution < 1.29 is 14.4 Å². The molecule has 0 fully saturated rings. The van der Waals surface area contributed by atoms with Crippen LogP contribution in [-0.4, -0.2) is 10.0 Å². The van der Waals surface area contributed by atoms with Gasteiger partial charge in [0.25, 0.3) is 5.69 Å². The summed E-state index contributed by atoms with van der Waals surface area (Å²) in [6.45, 7) is 1.02. The number of nitrogens with zero attached hydrogens (tertiary/aromatic N) is 1. The van der Waals surface area contributed by atoms with Crippen molar-refractivity contribution >= 4 is 5.69 Å². The largest absolute Gasteiger partial charge is 0.391 e. The molecule has 0 radical (unpaired) electrons. The first-order valence-corrected chi connectivity index (χ1v) is 3.60. The molecule has 5 heteroatoms. The van der Waals surface area contributed by atoms with E-state index in [0.717, 1.165) is 6.07 Å². The van der Waals surface area contributed by atoms with Gasteiger partial charge >= 0.3 is 0 Å². The third-order valence-corrected chi connectivity index (χ3v) is 1.73. The number of aliphatic hydroxyl groups is 1. The van der Waals surface area contributed by atoms with Crippen LogP contribution < -0.4 is 0 Å². The molecule has 1 aromatic carbocycles. The number of rotatable bonds is 2. The molecule has 0 saturated heterocycles. The fourth-order valence-electron chi connectivity index (χ4n) is 1.03. The maximum absolute atomic E-state index is 12.9. The first-order valence-electron chi connectivity index (χ1n) is 3.60. The predicted octanol–water partition coefficient (Wildman–Crippen LogP) is 1.53. The van der Waals surface area contributed by atoms with Gasteiger partial charge in [-0.1, -0.05) is 0 Å². The Balaban J connectivity index is 3.33. The molecule has 1 aromatic rings. The van der Waals surface area contributed by atoms with Gasteiger partial charge in [0.15, 0.2) is 0 Å². The summed E-state index contributed by atoms with van der Waals surface area (Å²) in [4.78, 5) is 9.66. The molecule has 0 bridgehead atoms. The number of nitro groups is 1. The summed E-state index contributed by atoms with van der Waals surface area (Å²) >= 11 is 0. The number of hydrogen-bond acceptors (Lipinski definition) is 3. The highest BCUT2D eigenvalue weighted by atomic mass is 19.1. The highest BCUT2D eigenvalue weighted by molar-refractivity contribution is 5.42. The summed E-state index contributed by atoms with van der Waals surface area (Å²) in [6, 6.07) is 2.09. The van der Waals surface area contributed by atoms with E-state index in [1.807, 2.05) is 0 Å². The molecule has 0 atom stereocenters. The molecule has 0 spiro atoms. The Morgan fingerprint density at radius 2 is 2.23 bits per heavy atom. The van der Waals surface area contributed by atoms with Crippen molar-refractivity contribution in [2.24, 2.45) is 0 Å².